The van der Waals surface area contributed by atoms with Crippen LogP contribution >= 0.6 is 11.3 Å². The van der Waals surface area contributed by atoms with Gasteiger partial charge in [0.25, 0.3) is 0 Å². The van der Waals surface area contributed by atoms with Crippen LogP contribution in [0.4, 0.5) is 0 Å². The number of methoxy groups -OCH3 is 1. The lowest BCUT2D eigenvalue weighted by atomic mass is 10.1. The van der Waals surface area contributed by atoms with Crippen molar-refractivity contribution in [3.8, 4) is 0 Å². The van der Waals surface area contributed by atoms with Gasteiger partial charge in [0.15, 0.2) is 0 Å². The van der Waals surface area contributed by atoms with Crippen LogP contribution in [0.2, 0.25) is 0 Å². The Morgan fingerprint density at radius 1 is 1.56 bits per heavy atom. The monoisotopic (exact) mass is 243 g/mol. The van der Waals surface area contributed by atoms with E-state index < -0.39 is 0 Å². The molecule has 1 aromatic rings. The maximum absolute atomic E-state index is 5.34. The van der Waals surface area contributed by atoms with Crippen molar-refractivity contribution in [1.82, 2.24) is 15.5 Å². The lowest BCUT2D eigenvalue weighted by Crippen LogP contribution is -2.18. The van der Waals surface area contributed by atoms with E-state index in [4.69, 9.17) is 9.47 Å². The molecule has 1 saturated heterocycles. The first kappa shape index (κ1) is 11.9. The number of hydrogen-bond acceptors (Lipinski definition) is 6. The minimum absolute atomic E-state index is 0.463. The molecule has 1 fully saturated rings. The summed E-state index contributed by atoms with van der Waals surface area (Å²) in [4.78, 5) is 0. The SMILES string of the molecule is COCCNCc1nnc(C2CCOC2)s1. The average Bonchev–Trinajstić information content (AvgIpc) is 2.94. The third-order valence-corrected chi connectivity index (χ3v) is 3.61. The summed E-state index contributed by atoms with van der Waals surface area (Å²) in [6.07, 6.45) is 1.08. The van der Waals surface area contributed by atoms with E-state index in [1.807, 2.05) is 0 Å². The highest BCUT2D eigenvalue weighted by Crippen LogP contribution is 2.27. The van der Waals surface area contributed by atoms with E-state index in [-0.39, 0.29) is 0 Å². The van der Waals surface area contributed by atoms with Crippen molar-refractivity contribution in [2.45, 2.75) is 18.9 Å². The molecule has 0 saturated carbocycles. The van der Waals surface area contributed by atoms with E-state index in [1.54, 1.807) is 18.4 Å². The number of aromatic nitrogens is 2. The van der Waals surface area contributed by atoms with Gasteiger partial charge >= 0.3 is 0 Å². The normalized spacial score (nSPS) is 20.4. The fraction of sp³-hybridized carbons (Fsp3) is 0.800. The first-order chi connectivity index (χ1) is 7.90. The van der Waals surface area contributed by atoms with Crippen molar-refractivity contribution < 1.29 is 9.47 Å². The minimum Gasteiger partial charge on any atom is -0.383 e. The molecule has 16 heavy (non-hydrogen) atoms. The van der Waals surface area contributed by atoms with E-state index in [2.05, 4.69) is 15.5 Å². The Hall–Kier alpha value is -0.560. The van der Waals surface area contributed by atoms with Gasteiger partial charge in [0.1, 0.15) is 10.0 Å². The average molecular weight is 243 g/mol. The summed E-state index contributed by atoms with van der Waals surface area (Å²) in [5.74, 6) is 0.463. The second-order valence-corrected chi connectivity index (χ2v) is 4.86. The molecule has 1 unspecified atom stereocenters. The zero-order valence-corrected chi connectivity index (χ0v) is 10.3. The molecule has 1 aliphatic heterocycles. The van der Waals surface area contributed by atoms with Crippen LogP contribution in [0.5, 0.6) is 0 Å². The molecule has 0 radical (unpaired) electrons. The van der Waals surface area contributed by atoms with E-state index in [1.165, 1.54) is 0 Å². The molecule has 0 aromatic carbocycles. The summed E-state index contributed by atoms with van der Waals surface area (Å²) < 4.78 is 10.3. The molecular formula is C10H17N3O2S. The Labute approximate surface area is 99.2 Å². The molecule has 0 aliphatic carbocycles. The van der Waals surface area contributed by atoms with Crippen LogP contribution in [-0.4, -0.2) is 43.7 Å². The molecule has 2 heterocycles. The molecule has 0 amide bonds. The van der Waals surface area contributed by atoms with Crippen molar-refractivity contribution >= 4 is 11.3 Å². The zero-order chi connectivity index (χ0) is 11.2. The highest BCUT2D eigenvalue weighted by atomic mass is 32.1. The van der Waals surface area contributed by atoms with Crippen LogP contribution < -0.4 is 5.32 Å². The molecule has 1 N–H and O–H groups in total. The lowest BCUT2D eigenvalue weighted by Gasteiger charge is -2.00. The summed E-state index contributed by atoms with van der Waals surface area (Å²) in [7, 11) is 1.70. The molecule has 1 aliphatic rings. The minimum atomic E-state index is 0.463. The number of rotatable bonds is 6. The van der Waals surface area contributed by atoms with Gasteiger partial charge in [-0.3, -0.25) is 0 Å². The van der Waals surface area contributed by atoms with E-state index in [0.29, 0.717) is 5.92 Å². The van der Waals surface area contributed by atoms with Crippen LogP contribution in [-0.2, 0) is 16.0 Å². The summed E-state index contributed by atoms with van der Waals surface area (Å²) in [6, 6.07) is 0. The first-order valence-corrected chi connectivity index (χ1v) is 6.31. The highest BCUT2D eigenvalue weighted by Gasteiger charge is 2.21. The van der Waals surface area contributed by atoms with Crippen LogP contribution in [0.15, 0.2) is 0 Å². The van der Waals surface area contributed by atoms with Gasteiger partial charge in [-0.25, -0.2) is 0 Å². The smallest absolute Gasteiger partial charge is 0.131 e. The maximum Gasteiger partial charge on any atom is 0.131 e. The van der Waals surface area contributed by atoms with Gasteiger partial charge in [0.2, 0.25) is 0 Å². The second kappa shape index (κ2) is 6.24. The van der Waals surface area contributed by atoms with E-state index in [0.717, 1.165) is 49.3 Å². The molecule has 1 aromatic heterocycles. The maximum atomic E-state index is 5.34. The molecule has 2 rings (SSSR count). The number of ether oxygens (including phenoxy) is 2. The zero-order valence-electron chi connectivity index (χ0n) is 9.44. The van der Waals surface area contributed by atoms with Gasteiger partial charge in [0.05, 0.1) is 13.2 Å². The topological polar surface area (TPSA) is 56.3 Å². The fourth-order valence-corrected chi connectivity index (χ4v) is 2.53. The van der Waals surface area contributed by atoms with Gasteiger partial charge in [0, 0.05) is 32.7 Å². The van der Waals surface area contributed by atoms with Crippen LogP contribution in [0.1, 0.15) is 22.4 Å². The molecule has 1 atom stereocenters. The summed E-state index contributed by atoms with van der Waals surface area (Å²) in [5, 5.41) is 13.8. The number of nitrogens with one attached hydrogen (secondary N) is 1. The Morgan fingerprint density at radius 3 is 3.25 bits per heavy atom. The Balaban J connectivity index is 1.77. The van der Waals surface area contributed by atoms with Gasteiger partial charge in [-0.15, -0.1) is 10.2 Å². The third kappa shape index (κ3) is 3.21. The van der Waals surface area contributed by atoms with Gasteiger partial charge in [-0.2, -0.15) is 0 Å². The summed E-state index contributed by atoms with van der Waals surface area (Å²) in [5.41, 5.74) is 0. The standard InChI is InChI=1S/C10H17N3O2S/c1-14-5-3-11-6-9-12-13-10(16-9)8-2-4-15-7-8/h8,11H,2-7H2,1H3. The Morgan fingerprint density at radius 2 is 2.50 bits per heavy atom. The van der Waals surface area contributed by atoms with Crippen molar-refractivity contribution in [1.29, 1.82) is 0 Å². The van der Waals surface area contributed by atoms with Gasteiger partial charge in [-0.1, -0.05) is 11.3 Å². The molecular weight excluding hydrogens is 226 g/mol. The third-order valence-electron chi connectivity index (χ3n) is 2.52. The molecule has 6 heteroatoms. The lowest BCUT2D eigenvalue weighted by molar-refractivity contribution is 0.194. The second-order valence-electron chi connectivity index (χ2n) is 3.76. The van der Waals surface area contributed by atoms with Crippen LogP contribution in [0.25, 0.3) is 0 Å². The van der Waals surface area contributed by atoms with E-state index >= 15 is 0 Å². The van der Waals surface area contributed by atoms with Crippen molar-refractivity contribution in [3.63, 3.8) is 0 Å². The van der Waals surface area contributed by atoms with Crippen LogP contribution in [0, 0.1) is 0 Å². The molecule has 90 valence electrons. The molecule has 0 bridgehead atoms. The number of hydrogen-bond donors (Lipinski definition) is 1. The van der Waals surface area contributed by atoms with E-state index in [9.17, 15) is 0 Å². The van der Waals surface area contributed by atoms with Crippen molar-refractivity contribution in [3.05, 3.63) is 10.0 Å². The van der Waals surface area contributed by atoms with Crippen LogP contribution in [0.3, 0.4) is 0 Å². The quantitative estimate of drug-likeness (QED) is 0.748. The fourth-order valence-electron chi connectivity index (χ4n) is 1.60. The Kier molecular flexibility index (Phi) is 4.65. The van der Waals surface area contributed by atoms with Crippen molar-refractivity contribution in [2.24, 2.45) is 0 Å². The largest absolute Gasteiger partial charge is 0.383 e. The van der Waals surface area contributed by atoms with Gasteiger partial charge < -0.3 is 14.8 Å². The summed E-state index contributed by atoms with van der Waals surface area (Å²) >= 11 is 1.68. The molecule has 0 spiro atoms. The predicted molar refractivity (Wildman–Crippen MR) is 61.7 cm³/mol. The predicted octanol–water partition coefficient (Wildman–Crippen LogP) is 0.778. The summed E-state index contributed by atoms with van der Waals surface area (Å²) in [6.45, 7) is 3.99. The van der Waals surface area contributed by atoms with Crippen molar-refractivity contribution in [2.75, 3.05) is 33.5 Å². The van der Waals surface area contributed by atoms with Gasteiger partial charge in [-0.05, 0) is 6.42 Å². The molecule has 5 nitrogen and oxygen atoms in total. The highest BCUT2D eigenvalue weighted by molar-refractivity contribution is 7.11. The number of nitrogens with zero attached hydrogens (tertiary/aromatic N) is 2. The Bertz CT molecular complexity index is 313. The first-order valence-electron chi connectivity index (χ1n) is 5.50.